The predicted octanol–water partition coefficient (Wildman–Crippen LogP) is 2.74. The van der Waals surface area contributed by atoms with E-state index >= 15 is 0 Å². The van der Waals surface area contributed by atoms with Crippen LogP contribution in [0.1, 0.15) is 24.0 Å². The fourth-order valence-electron chi connectivity index (χ4n) is 2.80. The van der Waals surface area contributed by atoms with Gasteiger partial charge in [-0.1, -0.05) is 30.3 Å². The van der Waals surface area contributed by atoms with E-state index in [1.54, 1.807) is 30.3 Å². The molecule has 3 rings (SSSR count). The Balaban J connectivity index is 1.53. The lowest BCUT2D eigenvalue weighted by atomic mass is 10.0. The van der Waals surface area contributed by atoms with Gasteiger partial charge in [0.1, 0.15) is 17.6 Å². The number of rotatable bonds is 8. The van der Waals surface area contributed by atoms with Crippen LogP contribution in [0, 0.1) is 10.1 Å². The summed E-state index contributed by atoms with van der Waals surface area (Å²) in [4.78, 5) is 46.7. The van der Waals surface area contributed by atoms with Gasteiger partial charge in [0.2, 0.25) is 11.3 Å². The second-order valence-electron chi connectivity index (χ2n) is 6.41. The molecule has 0 aliphatic heterocycles. The number of nitrogens with zero attached hydrogens (tertiary/aromatic N) is 2. The Kier molecular flexibility index (Phi) is 6.43. The monoisotopic (exact) mass is 407 g/mol. The molecule has 152 valence electrons. The molecule has 1 N–H and O–H groups in total. The molecule has 2 aromatic carbocycles. The number of Topliss-reactive ketones (excluding diaryl/α,β-unsaturated/α-hetero) is 1. The topological polar surface area (TPSA) is 132 Å². The number of nitro groups is 1. The maximum absolute atomic E-state index is 12.3. The number of nitro benzene ring substituents is 1. The van der Waals surface area contributed by atoms with Crippen molar-refractivity contribution in [3.63, 3.8) is 0 Å². The number of para-hydroxylation sites is 2. The minimum absolute atomic E-state index is 0.0918. The summed E-state index contributed by atoms with van der Waals surface area (Å²) in [5.74, 6) is -0.828. The highest BCUT2D eigenvalue weighted by Gasteiger charge is 2.16. The van der Waals surface area contributed by atoms with Crippen molar-refractivity contribution in [1.82, 2.24) is 5.43 Å². The van der Waals surface area contributed by atoms with Gasteiger partial charge in [0.05, 0.1) is 22.1 Å². The van der Waals surface area contributed by atoms with E-state index in [4.69, 9.17) is 4.42 Å². The first-order valence-electron chi connectivity index (χ1n) is 9.02. The second kappa shape index (κ2) is 9.37. The van der Waals surface area contributed by atoms with Crippen LogP contribution in [0.3, 0.4) is 0 Å². The van der Waals surface area contributed by atoms with Crippen molar-refractivity contribution in [3.05, 3.63) is 86.3 Å². The van der Waals surface area contributed by atoms with Crippen LogP contribution in [0.2, 0.25) is 0 Å². The third kappa shape index (κ3) is 5.02. The molecule has 0 aliphatic carbocycles. The van der Waals surface area contributed by atoms with Gasteiger partial charge in [-0.15, -0.1) is 0 Å². The van der Waals surface area contributed by atoms with Gasteiger partial charge in [-0.25, -0.2) is 5.43 Å². The summed E-state index contributed by atoms with van der Waals surface area (Å²) >= 11 is 0. The minimum atomic E-state index is -0.548. The van der Waals surface area contributed by atoms with Crippen molar-refractivity contribution >= 4 is 34.6 Å². The highest BCUT2D eigenvalue weighted by Crippen LogP contribution is 2.19. The molecule has 0 fully saturated rings. The number of hydrazone groups is 1. The van der Waals surface area contributed by atoms with Crippen LogP contribution in [0.15, 0.2) is 69.1 Å². The molecule has 1 aromatic heterocycles. The first-order chi connectivity index (χ1) is 14.5. The summed E-state index contributed by atoms with van der Waals surface area (Å²) in [5, 5.41) is 15.1. The Labute approximate surface area is 170 Å². The molecule has 0 saturated carbocycles. The Morgan fingerprint density at radius 2 is 1.83 bits per heavy atom. The number of hydrogen-bond acceptors (Lipinski definition) is 7. The molecule has 30 heavy (non-hydrogen) atoms. The number of ketones is 1. The summed E-state index contributed by atoms with van der Waals surface area (Å²) in [6.07, 6.45) is 2.06. The molecule has 0 bridgehead atoms. The molecule has 9 nitrogen and oxygen atoms in total. The maximum atomic E-state index is 12.3. The molecule has 0 aliphatic rings. The zero-order valence-corrected chi connectivity index (χ0v) is 15.7. The van der Waals surface area contributed by atoms with Crippen molar-refractivity contribution in [1.29, 1.82) is 0 Å². The van der Waals surface area contributed by atoms with Crippen LogP contribution in [0.25, 0.3) is 11.0 Å². The predicted molar refractivity (Wildman–Crippen MR) is 109 cm³/mol. The van der Waals surface area contributed by atoms with E-state index in [2.05, 4.69) is 10.5 Å². The average molecular weight is 407 g/mol. The van der Waals surface area contributed by atoms with Crippen LogP contribution in [0.5, 0.6) is 0 Å². The van der Waals surface area contributed by atoms with E-state index in [0.717, 1.165) is 0 Å². The van der Waals surface area contributed by atoms with Gasteiger partial charge in [0, 0.05) is 30.9 Å². The van der Waals surface area contributed by atoms with Crippen molar-refractivity contribution < 1.29 is 18.9 Å². The molecule has 3 aromatic rings. The summed E-state index contributed by atoms with van der Waals surface area (Å²) in [6.45, 7) is 0. The Hall–Kier alpha value is -4.14. The van der Waals surface area contributed by atoms with Crippen LogP contribution >= 0.6 is 0 Å². The number of fused-ring (bicyclic) bond motifs is 1. The summed E-state index contributed by atoms with van der Waals surface area (Å²) in [5.41, 5.74) is 2.74. The zero-order chi connectivity index (χ0) is 21.5. The molecule has 0 atom stereocenters. The number of benzene rings is 2. The van der Waals surface area contributed by atoms with Crippen molar-refractivity contribution in [2.45, 2.75) is 19.3 Å². The second-order valence-corrected chi connectivity index (χ2v) is 6.41. The molecule has 0 saturated heterocycles. The standard InChI is InChI=1S/C21H17N3O6/c25-16(11-14-5-1-3-7-18(14)24(28)29)9-10-20(26)23-22-12-15-13-30-19-8-4-2-6-17(19)21(15)27/h1-8,12-13H,9-11H2,(H,23,26)/b22-12+. The quantitative estimate of drug-likeness (QED) is 0.347. The SMILES string of the molecule is O=C(CCC(=O)N/N=C/c1coc2ccccc2c1=O)Cc1ccccc1[N+](=O)[O-]. The molecule has 9 heteroatoms. The third-order valence-corrected chi connectivity index (χ3v) is 4.31. The number of carbonyl (C=O) groups is 2. The van der Waals surface area contributed by atoms with Gasteiger partial charge in [0.25, 0.3) is 5.69 Å². The van der Waals surface area contributed by atoms with Gasteiger partial charge in [0.15, 0.2) is 0 Å². The first kappa shape index (κ1) is 20.6. The highest BCUT2D eigenvalue weighted by molar-refractivity contribution is 5.89. The van der Waals surface area contributed by atoms with Crippen LogP contribution in [-0.2, 0) is 16.0 Å². The molecule has 1 heterocycles. The normalized spacial score (nSPS) is 10.9. The lowest BCUT2D eigenvalue weighted by Crippen LogP contribution is -2.19. The number of carbonyl (C=O) groups excluding carboxylic acids is 2. The van der Waals surface area contributed by atoms with E-state index in [0.29, 0.717) is 16.5 Å². The summed E-state index contributed by atoms with van der Waals surface area (Å²) in [6, 6.07) is 12.7. The van der Waals surface area contributed by atoms with Crippen molar-refractivity contribution in [3.8, 4) is 0 Å². The van der Waals surface area contributed by atoms with E-state index in [1.165, 1.54) is 30.7 Å². The summed E-state index contributed by atoms with van der Waals surface area (Å²) in [7, 11) is 0. The molecule has 0 spiro atoms. The Bertz CT molecular complexity index is 1200. The maximum Gasteiger partial charge on any atom is 0.273 e. The third-order valence-electron chi connectivity index (χ3n) is 4.31. The van der Waals surface area contributed by atoms with Gasteiger partial charge < -0.3 is 4.42 Å². The summed E-state index contributed by atoms with van der Waals surface area (Å²) < 4.78 is 5.35. The fourth-order valence-corrected chi connectivity index (χ4v) is 2.80. The zero-order valence-electron chi connectivity index (χ0n) is 15.7. The van der Waals surface area contributed by atoms with E-state index in [1.807, 2.05) is 0 Å². The molecular formula is C21H17N3O6. The largest absolute Gasteiger partial charge is 0.463 e. The van der Waals surface area contributed by atoms with Gasteiger partial charge in [-0.05, 0) is 12.1 Å². The Morgan fingerprint density at radius 3 is 2.63 bits per heavy atom. The molecule has 0 radical (unpaired) electrons. The van der Waals surface area contributed by atoms with Crippen molar-refractivity contribution in [2.24, 2.45) is 5.10 Å². The van der Waals surface area contributed by atoms with Crippen molar-refractivity contribution in [2.75, 3.05) is 0 Å². The Morgan fingerprint density at radius 1 is 1.10 bits per heavy atom. The number of nitrogens with one attached hydrogen (secondary N) is 1. The van der Waals surface area contributed by atoms with Crippen LogP contribution in [0.4, 0.5) is 5.69 Å². The number of amides is 1. The van der Waals surface area contributed by atoms with Gasteiger partial charge in [-0.3, -0.25) is 24.5 Å². The van der Waals surface area contributed by atoms with E-state index in [-0.39, 0.29) is 41.7 Å². The average Bonchev–Trinajstić information content (AvgIpc) is 2.74. The molecular weight excluding hydrogens is 390 g/mol. The van der Waals surface area contributed by atoms with E-state index in [9.17, 15) is 24.5 Å². The van der Waals surface area contributed by atoms with E-state index < -0.39 is 10.8 Å². The first-order valence-corrected chi connectivity index (χ1v) is 9.02. The van der Waals surface area contributed by atoms with Gasteiger partial charge in [-0.2, -0.15) is 5.10 Å². The highest BCUT2D eigenvalue weighted by atomic mass is 16.6. The van der Waals surface area contributed by atoms with Crippen LogP contribution < -0.4 is 10.9 Å². The van der Waals surface area contributed by atoms with Gasteiger partial charge >= 0.3 is 0 Å². The number of hydrogen-bond donors (Lipinski definition) is 1. The van der Waals surface area contributed by atoms with Crippen LogP contribution in [-0.4, -0.2) is 22.8 Å². The smallest absolute Gasteiger partial charge is 0.273 e. The fraction of sp³-hybridized carbons (Fsp3) is 0.143. The minimum Gasteiger partial charge on any atom is -0.463 e. The lowest BCUT2D eigenvalue weighted by molar-refractivity contribution is -0.385. The molecule has 0 unspecified atom stereocenters. The molecule has 1 amide bonds. The lowest BCUT2D eigenvalue weighted by Gasteiger charge is -2.03.